The molecule has 0 aromatic heterocycles. The van der Waals surface area contributed by atoms with Gasteiger partial charge in [-0.05, 0) is 31.0 Å². The Labute approximate surface area is 127 Å². The summed E-state index contributed by atoms with van der Waals surface area (Å²) >= 11 is 11.8. The summed E-state index contributed by atoms with van der Waals surface area (Å²) in [5.41, 5.74) is 0.781. The molecule has 1 aromatic rings. The third-order valence-corrected chi connectivity index (χ3v) is 4.40. The molecular formula is C14H15Cl2NO3. The van der Waals surface area contributed by atoms with Crippen LogP contribution in [-0.4, -0.2) is 35.0 Å². The number of aliphatic carboxylic acids is 1. The van der Waals surface area contributed by atoms with Gasteiger partial charge in [0.15, 0.2) is 0 Å². The van der Waals surface area contributed by atoms with Gasteiger partial charge >= 0.3 is 5.97 Å². The molecule has 0 radical (unpaired) electrons. The Morgan fingerprint density at radius 2 is 2.05 bits per heavy atom. The Bertz CT molecular complexity index is 547. The highest BCUT2D eigenvalue weighted by Gasteiger charge is 2.33. The normalized spacial score (nSPS) is 19.9. The van der Waals surface area contributed by atoms with Crippen LogP contribution in [0, 0.1) is 5.92 Å². The standard InChI is InChI=1S/C14H15Cl2NO3/c1-8(9-2-3-11(15)12(16)6-9)13(18)17-5-4-10(7-17)14(19)20/h2-3,6,8,10H,4-5,7H2,1H3,(H,19,20). The van der Waals surface area contributed by atoms with E-state index in [0.29, 0.717) is 23.0 Å². The van der Waals surface area contributed by atoms with Crippen molar-refractivity contribution in [3.8, 4) is 0 Å². The number of carboxylic acid groups (broad SMARTS) is 1. The van der Waals surface area contributed by atoms with Gasteiger partial charge in [-0.1, -0.05) is 29.3 Å². The summed E-state index contributed by atoms with van der Waals surface area (Å²) < 4.78 is 0. The van der Waals surface area contributed by atoms with Crippen molar-refractivity contribution < 1.29 is 14.7 Å². The first-order chi connectivity index (χ1) is 9.40. The van der Waals surface area contributed by atoms with E-state index in [4.69, 9.17) is 28.3 Å². The van der Waals surface area contributed by atoms with Gasteiger partial charge in [-0.2, -0.15) is 0 Å². The van der Waals surface area contributed by atoms with Gasteiger partial charge in [0.25, 0.3) is 0 Å². The maximum Gasteiger partial charge on any atom is 0.308 e. The fourth-order valence-corrected chi connectivity index (χ4v) is 2.67. The molecule has 2 rings (SSSR count). The van der Waals surface area contributed by atoms with Crippen LogP contribution in [0.15, 0.2) is 18.2 Å². The van der Waals surface area contributed by atoms with E-state index < -0.39 is 11.9 Å². The highest BCUT2D eigenvalue weighted by molar-refractivity contribution is 6.42. The predicted octanol–water partition coefficient (Wildman–Crippen LogP) is 3.03. The van der Waals surface area contributed by atoms with Crippen molar-refractivity contribution in [1.29, 1.82) is 0 Å². The van der Waals surface area contributed by atoms with Crippen LogP contribution in [0.4, 0.5) is 0 Å². The minimum absolute atomic E-state index is 0.0767. The van der Waals surface area contributed by atoms with Gasteiger partial charge in [-0.25, -0.2) is 0 Å². The van der Waals surface area contributed by atoms with Gasteiger partial charge in [0, 0.05) is 13.1 Å². The van der Waals surface area contributed by atoms with Gasteiger partial charge in [-0.15, -0.1) is 0 Å². The summed E-state index contributed by atoms with van der Waals surface area (Å²) in [5.74, 6) is -1.74. The van der Waals surface area contributed by atoms with Gasteiger partial charge in [0.05, 0.1) is 21.9 Å². The molecule has 1 aliphatic rings. The Hall–Kier alpha value is -1.26. The zero-order chi connectivity index (χ0) is 14.9. The minimum atomic E-state index is -0.845. The molecular weight excluding hydrogens is 301 g/mol. The first-order valence-electron chi connectivity index (χ1n) is 6.36. The summed E-state index contributed by atoms with van der Waals surface area (Å²) in [7, 11) is 0. The molecule has 1 N–H and O–H groups in total. The van der Waals surface area contributed by atoms with Crippen molar-refractivity contribution in [3.05, 3.63) is 33.8 Å². The number of nitrogens with zero attached hydrogens (tertiary/aromatic N) is 1. The molecule has 1 heterocycles. The van der Waals surface area contributed by atoms with E-state index in [0.717, 1.165) is 5.56 Å². The molecule has 0 saturated carbocycles. The summed E-state index contributed by atoms with van der Waals surface area (Å²) in [6.45, 7) is 2.55. The number of rotatable bonds is 3. The molecule has 0 aliphatic carbocycles. The second kappa shape index (κ2) is 6.02. The fraction of sp³-hybridized carbons (Fsp3) is 0.429. The lowest BCUT2D eigenvalue weighted by Gasteiger charge is -2.21. The third-order valence-electron chi connectivity index (χ3n) is 3.66. The first kappa shape index (κ1) is 15.1. The van der Waals surface area contributed by atoms with E-state index in [2.05, 4.69) is 0 Å². The molecule has 0 spiro atoms. The number of hydrogen-bond donors (Lipinski definition) is 1. The topological polar surface area (TPSA) is 57.6 Å². The van der Waals surface area contributed by atoms with E-state index in [9.17, 15) is 9.59 Å². The first-order valence-corrected chi connectivity index (χ1v) is 7.12. The molecule has 1 aromatic carbocycles. The number of benzene rings is 1. The number of carboxylic acids is 1. The summed E-state index contributed by atoms with van der Waals surface area (Å²) in [6.07, 6.45) is 0.509. The van der Waals surface area contributed by atoms with Crippen LogP contribution in [0.25, 0.3) is 0 Å². The Morgan fingerprint density at radius 3 is 2.60 bits per heavy atom. The average molecular weight is 316 g/mol. The molecule has 6 heteroatoms. The van der Waals surface area contributed by atoms with E-state index in [-0.39, 0.29) is 18.4 Å². The van der Waals surface area contributed by atoms with Crippen molar-refractivity contribution >= 4 is 35.1 Å². The highest BCUT2D eigenvalue weighted by atomic mass is 35.5. The van der Waals surface area contributed by atoms with Crippen LogP contribution >= 0.6 is 23.2 Å². The molecule has 20 heavy (non-hydrogen) atoms. The second-order valence-electron chi connectivity index (χ2n) is 5.00. The summed E-state index contributed by atoms with van der Waals surface area (Å²) in [5, 5.41) is 9.82. The lowest BCUT2D eigenvalue weighted by atomic mass is 10.00. The van der Waals surface area contributed by atoms with Crippen molar-refractivity contribution in [3.63, 3.8) is 0 Å². The van der Waals surface area contributed by atoms with Gasteiger partial charge < -0.3 is 10.0 Å². The van der Waals surface area contributed by atoms with E-state index in [1.165, 1.54) is 0 Å². The quantitative estimate of drug-likeness (QED) is 0.932. The number of likely N-dealkylation sites (tertiary alicyclic amines) is 1. The minimum Gasteiger partial charge on any atom is -0.481 e. The monoisotopic (exact) mass is 315 g/mol. The fourth-order valence-electron chi connectivity index (χ4n) is 2.36. The van der Waals surface area contributed by atoms with Crippen LogP contribution in [0.5, 0.6) is 0 Å². The summed E-state index contributed by atoms with van der Waals surface area (Å²) in [4.78, 5) is 24.9. The Balaban J connectivity index is 2.09. The number of carbonyl (C=O) groups is 2. The maximum absolute atomic E-state index is 12.4. The van der Waals surface area contributed by atoms with Crippen molar-refractivity contribution in [1.82, 2.24) is 4.90 Å². The zero-order valence-corrected chi connectivity index (χ0v) is 12.5. The molecule has 1 fully saturated rings. The Kier molecular flexibility index (Phi) is 4.55. The van der Waals surface area contributed by atoms with Crippen molar-refractivity contribution in [2.24, 2.45) is 5.92 Å². The number of hydrogen-bond acceptors (Lipinski definition) is 2. The largest absolute Gasteiger partial charge is 0.481 e. The molecule has 1 aliphatic heterocycles. The maximum atomic E-state index is 12.4. The number of carbonyl (C=O) groups excluding carboxylic acids is 1. The molecule has 0 bridgehead atoms. The van der Waals surface area contributed by atoms with Gasteiger partial charge in [-0.3, -0.25) is 9.59 Å². The number of halogens is 2. The third kappa shape index (κ3) is 3.07. The van der Waals surface area contributed by atoms with Crippen molar-refractivity contribution in [2.45, 2.75) is 19.3 Å². The summed E-state index contributed by atoms with van der Waals surface area (Å²) in [6, 6.07) is 5.10. The average Bonchev–Trinajstić information content (AvgIpc) is 2.90. The highest BCUT2D eigenvalue weighted by Crippen LogP contribution is 2.28. The van der Waals surface area contributed by atoms with E-state index >= 15 is 0 Å². The van der Waals surface area contributed by atoms with E-state index in [1.54, 1.807) is 30.0 Å². The molecule has 108 valence electrons. The molecule has 4 nitrogen and oxygen atoms in total. The van der Waals surface area contributed by atoms with Crippen LogP contribution < -0.4 is 0 Å². The Morgan fingerprint density at radius 1 is 1.35 bits per heavy atom. The van der Waals surface area contributed by atoms with Crippen LogP contribution in [-0.2, 0) is 9.59 Å². The van der Waals surface area contributed by atoms with Crippen LogP contribution in [0.3, 0.4) is 0 Å². The molecule has 1 amide bonds. The number of amides is 1. The predicted molar refractivity (Wildman–Crippen MR) is 77.2 cm³/mol. The second-order valence-corrected chi connectivity index (χ2v) is 5.82. The van der Waals surface area contributed by atoms with Crippen LogP contribution in [0.2, 0.25) is 10.0 Å². The zero-order valence-electron chi connectivity index (χ0n) is 11.0. The van der Waals surface area contributed by atoms with E-state index in [1.807, 2.05) is 0 Å². The smallest absolute Gasteiger partial charge is 0.308 e. The van der Waals surface area contributed by atoms with Crippen LogP contribution in [0.1, 0.15) is 24.8 Å². The molecule has 2 atom stereocenters. The molecule has 2 unspecified atom stereocenters. The van der Waals surface area contributed by atoms with Gasteiger partial charge in [0.1, 0.15) is 0 Å². The van der Waals surface area contributed by atoms with Crippen molar-refractivity contribution in [2.75, 3.05) is 13.1 Å². The molecule has 1 saturated heterocycles. The van der Waals surface area contributed by atoms with Gasteiger partial charge in [0.2, 0.25) is 5.91 Å². The lowest BCUT2D eigenvalue weighted by molar-refractivity contribution is -0.141. The SMILES string of the molecule is CC(C(=O)N1CCC(C(=O)O)C1)c1ccc(Cl)c(Cl)c1. The lowest BCUT2D eigenvalue weighted by Crippen LogP contribution is -2.33.